The van der Waals surface area contributed by atoms with Crippen LogP contribution in [0, 0.1) is 17.1 Å². The number of amides is 1. The molecular weight excluding hydrogens is 496 g/mol. The number of benzene rings is 2. The number of carbonyl (C=O) groups is 1. The van der Waals surface area contributed by atoms with Gasteiger partial charge < -0.3 is 14.9 Å². The number of alkyl halides is 3. The maximum absolute atomic E-state index is 13.9. The van der Waals surface area contributed by atoms with E-state index in [1.807, 2.05) is 0 Å². The Hall–Kier alpha value is -3.37. The van der Waals surface area contributed by atoms with Gasteiger partial charge in [-0.3, -0.25) is 4.90 Å². The molecule has 0 saturated carbocycles. The highest BCUT2D eigenvalue weighted by Crippen LogP contribution is 2.52. The summed E-state index contributed by atoms with van der Waals surface area (Å²) in [6.07, 6.45) is -3.71. The fraction of sp³-hybridized carbons (Fsp3) is 0.364. The van der Waals surface area contributed by atoms with Crippen LogP contribution in [-0.2, 0) is 9.84 Å². The molecule has 2 aromatic carbocycles. The lowest BCUT2D eigenvalue weighted by atomic mass is 9.99. The number of hydrogen-bond donors (Lipinski definition) is 2. The molecule has 0 radical (unpaired) electrons. The lowest BCUT2D eigenvalue weighted by Gasteiger charge is -2.38. The summed E-state index contributed by atoms with van der Waals surface area (Å²) < 4.78 is 84.2. The Balaban J connectivity index is 2.33. The van der Waals surface area contributed by atoms with Gasteiger partial charge >= 0.3 is 11.6 Å². The highest BCUT2D eigenvalue weighted by Gasteiger charge is 2.52. The minimum Gasteiger partial charge on any atom is -0.465 e. The molecule has 188 valence electrons. The summed E-state index contributed by atoms with van der Waals surface area (Å²) in [5.41, 5.74) is -7.91. The summed E-state index contributed by atoms with van der Waals surface area (Å²) >= 11 is 0. The molecule has 1 aliphatic carbocycles. The first-order valence-corrected chi connectivity index (χ1v) is 11.5. The predicted octanol–water partition coefficient (Wildman–Crippen LogP) is 5.04. The second-order valence-corrected chi connectivity index (χ2v) is 10.7. The highest BCUT2D eigenvalue weighted by atomic mass is 32.2. The summed E-state index contributed by atoms with van der Waals surface area (Å²) in [5.74, 6) is -1.40. The number of halogens is 4. The molecule has 3 rings (SSSR count). The van der Waals surface area contributed by atoms with Crippen molar-refractivity contribution in [2.45, 2.75) is 55.3 Å². The quantitative estimate of drug-likeness (QED) is 0.545. The first kappa shape index (κ1) is 26.2. The summed E-state index contributed by atoms with van der Waals surface area (Å²) in [4.78, 5) is 11.7. The Kier molecular flexibility index (Phi) is 6.51. The Morgan fingerprint density at radius 3 is 2.31 bits per heavy atom. The van der Waals surface area contributed by atoms with Crippen molar-refractivity contribution in [3.05, 3.63) is 52.8 Å². The number of aliphatic hydroxyl groups excluding tert-OH is 1. The smallest absolute Gasteiger partial charge is 0.465 e. The molecule has 0 aromatic heterocycles. The summed E-state index contributed by atoms with van der Waals surface area (Å²) in [7, 11) is -5.93. The number of nitrogens with zero attached hydrogens (tertiary/aromatic N) is 2. The van der Waals surface area contributed by atoms with Crippen LogP contribution in [0.25, 0.3) is 0 Å². The van der Waals surface area contributed by atoms with Crippen LogP contribution in [0.1, 0.15) is 56.0 Å². The van der Waals surface area contributed by atoms with Gasteiger partial charge in [-0.2, -0.15) is 18.4 Å². The first-order valence-electron chi connectivity index (χ1n) is 10.1. The van der Waals surface area contributed by atoms with Gasteiger partial charge in [-0.1, -0.05) is 0 Å². The van der Waals surface area contributed by atoms with Crippen molar-refractivity contribution in [3.63, 3.8) is 0 Å². The maximum atomic E-state index is 13.9. The molecule has 2 atom stereocenters. The van der Waals surface area contributed by atoms with Gasteiger partial charge in [0, 0.05) is 29.2 Å². The number of ether oxygens (including phenoxy) is 1. The van der Waals surface area contributed by atoms with Crippen molar-refractivity contribution in [3.8, 4) is 17.6 Å². The summed E-state index contributed by atoms with van der Waals surface area (Å²) in [5, 5.41) is 29.6. The van der Waals surface area contributed by atoms with Gasteiger partial charge in [-0.05, 0) is 45.0 Å². The van der Waals surface area contributed by atoms with Gasteiger partial charge in [-0.25, -0.2) is 17.6 Å². The Bertz CT molecular complexity index is 1330. The average Bonchev–Trinajstić information content (AvgIpc) is 3.02. The number of hydrogen-bond acceptors (Lipinski definition) is 6. The fourth-order valence-corrected chi connectivity index (χ4v) is 5.15. The van der Waals surface area contributed by atoms with Crippen molar-refractivity contribution < 1.29 is 45.7 Å². The fourth-order valence-electron chi connectivity index (χ4n) is 4.11. The molecule has 35 heavy (non-hydrogen) atoms. The lowest BCUT2D eigenvalue weighted by molar-refractivity contribution is -0.0437. The van der Waals surface area contributed by atoms with E-state index in [0.29, 0.717) is 6.07 Å². The number of fused-ring (bicyclic) bond motifs is 1. The van der Waals surface area contributed by atoms with Crippen LogP contribution >= 0.6 is 0 Å². The van der Waals surface area contributed by atoms with Gasteiger partial charge in [0.25, 0.3) is 9.84 Å². The van der Waals surface area contributed by atoms with Crippen molar-refractivity contribution in [1.29, 1.82) is 5.26 Å². The second-order valence-electron chi connectivity index (χ2n) is 8.82. The van der Waals surface area contributed by atoms with Crippen LogP contribution < -0.4 is 4.74 Å². The molecular formula is C22H20F4N2O6S. The first-order chi connectivity index (χ1) is 16.0. The van der Waals surface area contributed by atoms with E-state index in [9.17, 15) is 41.0 Å². The van der Waals surface area contributed by atoms with E-state index in [1.54, 1.807) is 6.07 Å². The Morgan fingerprint density at radius 2 is 1.80 bits per heavy atom. The average molecular weight is 516 g/mol. The minimum atomic E-state index is -5.93. The number of rotatable bonds is 4. The van der Waals surface area contributed by atoms with Crippen molar-refractivity contribution in [1.82, 2.24) is 4.90 Å². The van der Waals surface area contributed by atoms with Gasteiger partial charge in [0.15, 0.2) is 0 Å². The van der Waals surface area contributed by atoms with Gasteiger partial charge in [0.1, 0.15) is 17.3 Å². The Morgan fingerprint density at radius 1 is 1.17 bits per heavy atom. The van der Waals surface area contributed by atoms with Crippen LogP contribution in [0.5, 0.6) is 11.5 Å². The summed E-state index contributed by atoms with van der Waals surface area (Å²) in [6.45, 7) is 4.52. The molecule has 13 heteroatoms. The van der Waals surface area contributed by atoms with E-state index in [4.69, 9.17) is 10.00 Å². The number of carboxylic acid groups (broad SMARTS) is 1. The molecule has 2 aromatic rings. The molecule has 0 aliphatic heterocycles. The highest BCUT2D eigenvalue weighted by molar-refractivity contribution is 7.92. The SMILES string of the molecule is CC(C)(C)N(C(=O)O)[C@H]1C[C@@H](O)c2c(S(=O)(=O)C(F)(F)F)ccc(Oc3cc(F)cc(C#N)c3)c21. The lowest BCUT2D eigenvalue weighted by Crippen LogP contribution is -2.46. The van der Waals surface area contributed by atoms with E-state index in [2.05, 4.69) is 0 Å². The molecule has 0 spiro atoms. The zero-order valence-electron chi connectivity index (χ0n) is 18.6. The minimum absolute atomic E-state index is 0.133. The van der Waals surface area contributed by atoms with Gasteiger partial charge in [0.05, 0.1) is 28.7 Å². The van der Waals surface area contributed by atoms with Crippen LogP contribution in [0.4, 0.5) is 22.4 Å². The third-order valence-corrected chi connectivity index (χ3v) is 6.93. The third-order valence-electron chi connectivity index (χ3n) is 5.38. The largest absolute Gasteiger partial charge is 0.501 e. The van der Waals surface area contributed by atoms with E-state index in [1.165, 1.54) is 20.8 Å². The number of aliphatic hydroxyl groups is 1. The molecule has 0 unspecified atom stereocenters. The van der Waals surface area contributed by atoms with Crippen molar-refractivity contribution in [2.75, 3.05) is 0 Å². The zero-order chi connectivity index (χ0) is 26.5. The zero-order valence-corrected chi connectivity index (χ0v) is 19.4. The molecule has 2 N–H and O–H groups in total. The second kappa shape index (κ2) is 8.69. The standard InChI is InChI=1S/C22H20F4N2O6S/c1-21(2,3)28(20(30)31)14-9-15(29)19-17(35(32,33)22(24,25)26)5-4-16(18(14)19)34-13-7-11(10-27)6-12(23)8-13/h4-8,14-15,29H,9H2,1-3H3,(H,30,31)/t14-,15+/m0/s1. The number of nitriles is 1. The van der Waals surface area contributed by atoms with E-state index in [0.717, 1.165) is 29.2 Å². The molecule has 1 amide bonds. The normalized spacial score (nSPS) is 18.0. The molecule has 0 fully saturated rings. The molecule has 0 saturated heterocycles. The molecule has 1 aliphatic rings. The third kappa shape index (κ3) is 4.76. The van der Waals surface area contributed by atoms with Crippen LogP contribution in [0.15, 0.2) is 35.2 Å². The van der Waals surface area contributed by atoms with Crippen molar-refractivity contribution in [2.24, 2.45) is 0 Å². The maximum Gasteiger partial charge on any atom is 0.501 e. The molecule has 0 bridgehead atoms. The van der Waals surface area contributed by atoms with E-state index >= 15 is 0 Å². The van der Waals surface area contributed by atoms with Crippen LogP contribution in [-0.4, -0.2) is 40.7 Å². The molecule has 0 heterocycles. The Labute approximate surface area is 197 Å². The van der Waals surface area contributed by atoms with E-state index in [-0.39, 0.29) is 22.6 Å². The van der Waals surface area contributed by atoms with E-state index < -0.39 is 61.8 Å². The van der Waals surface area contributed by atoms with Gasteiger partial charge in [-0.15, -0.1) is 0 Å². The van der Waals surface area contributed by atoms with Crippen molar-refractivity contribution >= 4 is 15.9 Å². The van der Waals surface area contributed by atoms with Crippen LogP contribution in [0.3, 0.4) is 0 Å². The van der Waals surface area contributed by atoms with Gasteiger partial charge in [0.2, 0.25) is 0 Å². The number of sulfone groups is 1. The van der Waals surface area contributed by atoms with Crippen LogP contribution in [0.2, 0.25) is 0 Å². The summed E-state index contributed by atoms with van der Waals surface area (Å²) in [6, 6.07) is 4.80. The molecule has 8 nitrogen and oxygen atoms in total. The monoisotopic (exact) mass is 516 g/mol. The predicted molar refractivity (Wildman–Crippen MR) is 113 cm³/mol. The topological polar surface area (TPSA) is 128 Å².